The van der Waals surface area contributed by atoms with E-state index in [0.29, 0.717) is 5.41 Å². The average Bonchev–Trinajstić information content (AvgIpc) is 2.40. The van der Waals surface area contributed by atoms with E-state index in [-0.39, 0.29) is 0 Å². The van der Waals surface area contributed by atoms with Gasteiger partial charge in [0.1, 0.15) is 0 Å². The summed E-state index contributed by atoms with van der Waals surface area (Å²) in [5, 5.41) is 3.58. The summed E-state index contributed by atoms with van der Waals surface area (Å²) in [5.41, 5.74) is 0.347. The van der Waals surface area contributed by atoms with E-state index in [0.717, 1.165) is 18.8 Å². The van der Waals surface area contributed by atoms with E-state index < -0.39 is 0 Å². The Hall–Kier alpha value is 0.250. The minimum atomic E-state index is 0.347. The molecule has 0 aliphatic heterocycles. The predicted molar refractivity (Wildman–Crippen MR) is 93.8 cm³/mol. The number of rotatable bonds is 15. The molecule has 0 saturated carbocycles. The van der Waals surface area contributed by atoms with Gasteiger partial charge in [-0.25, -0.2) is 0 Å². The lowest BCUT2D eigenvalue weighted by atomic mass is 9.90. The maximum absolute atomic E-state index is 5.81. The van der Waals surface area contributed by atoms with Crippen LogP contribution in [-0.4, -0.2) is 19.0 Å². The van der Waals surface area contributed by atoms with Crippen molar-refractivity contribution in [3.8, 4) is 0 Å². The molecule has 0 aromatic carbocycles. The van der Waals surface area contributed by atoms with Crippen LogP contribution in [0.4, 0.5) is 0 Å². The largest absolute Gasteiger partial charge is 0.316 e. The monoisotopic (exact) mass is 303 g/mol. The predicted octanol–water partition coefficient (Wildman–Crippen LogP) is 6.15. The number of unbranched alkanes of at least 4 members (excludes halogenated alkanes) is 9. The Bertz CT molecular complexity index is 192. The van der Waals surface area contributed by atoms with Gasteiger partial charge >= 0.3 is 0 Å². The highest BCUT2D eigenvalue weighted by Gasteiger charge is 2.15. The molecule has 0 bridgehead atoms. The van der Waals surface area contributed by atoms with E-state index >= 15 is 0 Å². The van der Waals surface area contributed by atoms with Crippen molar-refractivity contribution in [2.45, 2.75) is 91.4 Å². The van der Waals surface area contributed by atoms with Crippen LogP contribution in [0.1, 0.15) is 91.4 Å². The summed E-state index contributed by atoms with van der Waals surface area (Å²) in [6.07, 6.45) is 15.2. The lowest BCUT2D eigenvalue weighted by Crippen LogP contribution is -2.30. The fourth-order valence-electron chi connectivity index (χ4n) is 2.51. The van der Waals surface area contributed by atoms with Crippen LogP contribution in [0.2, 0.25) is 0 Å². The Kier molecular flexibility index (Phi) is 14.4. The Morgan fingerprint density at radius 3 is 1.80 bits per heavy atom. The number of halogens is 1. The van der Waals surface area contributed by atoms with Crippen LogP contribution in [0, 0.1) is 5.41 Å². The van der Waals surface area contributed by atoms with Crippen LogP contribution in [-0.2, 0) is 0 Å². The highest BCUT2D eigenvalue weighted by molar-refractivity contribution is 6.17. The molecule has 0 atom stereocenters. The van der Waals surface area contributed by atoms with Crippen molar-refractivity contribution in [1.82, 2.24) is 5.32 Å². The first-order chi connectivity index (χ1) is 9.62. The lowest BCUT2D eigenvalue weighted by molar-refractivity contribution is 0.329. The summed E-state index contributed by atoms with van der Waals surface area (Å²) in [6, 6.07) is 0. The van der Waals surface area contributed by atoms with Gasteiger partial charge < -0.3 is 5.32 Å². The Balaban J connectivity index is 3.13. The lowest BCUT2D eigenvalue weighted by Gasteiger charge is -2.23. The van der Waals surface area contributed by atoms with E-state index in [4.69, 9.17) is 11.6 Å². The molecular weight excluding hydrogens is 266 g/mol. The fourth-order valence-corrected chi connectivity index (χ4v) is 3.02. The summed E-state index contributed by atoms with van der Waals surface area (Å²) < 4.78 is 0. The molecular formula is C18H38ClN. The summed E-state index contributed by atoms with van der Waals surface area (Å²) in [5.74, 6) is 0.771. The van der Waals surface area contributed by atoms with Gasteiger partial charge in [0.25, 0.3) is 0 Å². The second-order valence-electron chi connectivity index (χ2n) is 6.96. The van der Waals surface area contributed by atoms with Crippen LogP contribution in [0.15, 0.2) is 0 Å². The third-order valence-electron chi connectivity index (χ3n) is 4.08. The molecule has 1 nitrogen and oxygen atoms in total. The van der Waals surface area contributed by atoms with E-state index in [1.165, 1.54) is 70.8 Å². The molecule has 0 radical (unpaired) electrons. The third-order valence-corrected chi connectivity index (χ3v) is 4.27. The topological polar surface area (TPSA) is 12.0 Å². The standard InChI is InChI=1S/C18H38ClN/c1-4-5-6-7-8-9-10-11-12-13-16-20-17-18(2,3)14-15-19/h20H,4-17H2,1-3H3. The Morgan fingerprint density at radius 2 is 1.30 bits per heavy atom. The normalized spacial score (nSPS) is 12.0. The SMILES string of the molecule is CCCCCCCCCCCCNCC(C)(C)CCCl. The van der Waals surface area contributed by atoms with Crippen molar-refractivity contribution in [3.05, 3.63) is 0 Å². The first-order valence-electron chi connectivity index (χ1n) is 8.89. The molecule has 1 N–H and O–H groups in total. The van der Waals surface area contributed by atoms with Gasteiger partial charge in [-0.1, -0.05) is 78.6 Å². The molecule has 20 heavy (non-hydrogen) atoms. The highest BCUT2D eigenvalue weighted by atomic mass is 35.5. The zero-order valence-electron chi connectivity index (χ0n) is 14.3. The van der Waals surface area contributed by atoms with Gasteiger partial charge in [0.15, 0.2) is 0 Å². The van der Waals surface area contributed by atoms with Crippen molar-refractivity contribution < 1.29 is 0 Å². The molecule has 0 rings (SSSR count). The number of hydrogen-bond acceptors (Lipinski definition) is 1. The van der Waals surface area contributed by atoms with Gasteiger partial charge in [-0.15, -0.1) is 11.6 Å². The van der Waals surface area contributed by atoms with E-state index in [9.17, 15) is 0 Å². The molecule has 0 amide bonds. The van der Waals surface area contributed by atoms with E-state index in [2.05, 4.69) is 26.1 Å². The van der Waals surface area contributed by atoms with E-state index in [1.807, 2.05) is 0 Å². The average molecular weight is 304 g/mol. The minimum Gasteiger partial charge on any atom is -0.316 e. The van der Waals surface area contributed by atoms with Crippen molar-refractivity contribution in [3.63, 3.8) is 0 Å². The zero-order chi connectivity index (χ0) is 15.1. The fraction of sp³-hybridized carbons (Fsp3) is 1.00. The Labute approximate surface area is 133 Å². The molecule has 0 heterocycles. The number of alkyl halides is 1. The van der Waals surface area contributed by atoms with Crippen molar-refractivity contribution >= 4 is 11.6 Å². The van der Waals surface area contributed by atoms with Crippen LogP contribution < -0.4 is 5.32 Å². The van der Waals surface area contributed by atoms with Crippen molar-refractivity contribution in [2.24, 2.45) is 5.41 Å². The van der Waals surface area contributed by atoms with Crippen LogP contribution >= 0.6 is 11.6 Å². The van der Waals surface area contributed by atoms with Crippen molar-refractivity contribution in [1.29, 1.82) is 0 Å². The molecule has 0 fully saturated rings. The van der Waals surface area contributed by atoms with Gasteiger partial charge in [0.2, 0.25) is 0 Å². The molecule has 0 spiro atoms. The van der Waals surface area contributed by atoms with Crippen LogP contribution in [0.3, 0.4) is 0 Å². The first-order valence-corrected chi connectivity index (χ1v) is 9.42. The molecule has 0 unspecified atom stereocenters. The molecule has 0 aliphatic rings. The molecule has 0 aliphatic carbocycles. The molecule has 0 saturated heterocycles. The van der Waals surface area contributed by atoms with Crippen LogP contribution in [0.5, 0.6) is 0 Å². The highest BCUT2D eigenvalue weighted by Crippen LogP contribution is 2.19. The van der Waals surface area contributed by atoms with Gasteiger partial charge in [0.05, 0.1) is 0 Å². The molecule has 0 aromatic rings. The summed E-state index contributed by atoms with van der Waals surface area (Å²) in [4.78, 5) is 0. The first kappa shape index (κ1) is 20.2. The van der Waals surface area contributed by atoms with Gasteiger partial charge in [-0.2, -0.15) is 0 Å². The summed E-state index contributed by atoms with van der Waals surface area (Å²) >= 11 is 5.81. The maximum Gasteiger partial charge on any atom is 0.0229 e. The second-order valence-corrected chi connectivity index (χ2v) is 7.34. The summed E-state index contributed by atoms with van der Waals surface area (Å²) in [7, 11) is 0. The maximum atomic E-state index is 5.81. The minimum absolute atomic E-state index is 0.347. The molecule has 122 valence electrons. The quantitative estimate of drug-likeness (QED) is 0.282. The van der Waals surface area contributed by atoms with Gasteiger partial charge in [-0.3, -0.25) is 0 Å². The third kappa shape index (κ3) is 14.7. The van der Waals surface area contributed by atoms with Crippen molar-refractivity contribution in [2.75, 3.05) is 19.0 Å². The zero-order valence-corrected chi connectivity index (χ0v) is 15.0. The molecule has 2 heteroatoms. The van der Waals surface area contributed by atoms with E-state index in [1.54, 1.807) is 0 Å². The summed E-state index contributed by atoms with van der Waals surface area (Å²) in [6.45, 7) is 9.13. The van der Waals surface area contributed by atoms with Gasteiger partial charge in [-0.05, 0) is 24.8 Å². The van der Waals surface area contributed by atoms with Crippen LogP contribution in [0.25, 0.3) is 0 Å². The molecule has 0 aromatic heterocycles. The Morgan fingerprint density at radius 1 is 0.800 bits per heavy atom. The van der Waals surface area contributed by atoms with Gasteiger partial charge in [0, 0.05) is 12.4 Å². The number of hydrogen-bond donors (Lipinski definition) is 1. The number of nitrogens with one attached hydrogen (secondary N) is 1. The smallest absolute Gasteiger partial charge is 0.0229 e. The second kappa shape index (κ2) is 14.2.